The lowest BCUT2D eigenvalue weighted by Crippen LogP contribution is -2.08. The molecule has 0 amide bonds. The summed E-state index contributed by atoms with van der Waals surface area (Å²) in [6.45, 7) is 3.03. The van der Waals surface area contributed by atoms with Gasteiger partial charge in [0.15, 0.2) is 17.4 Å². The standard InChI is InChI=1S/C13H18N2O2/c1-3-10-6-7-11(16-10)12-9-15-13(17-12)5-4-8-14-2/h6-7,9,14H,3-5,8H2,1-2H3. The Balaban J connectivity index is 2.02. The number of hydrogen-bond acceptors (Lipinski definition) is 4. The van der Waals surface area contributed by atoms with Gasteiger partial charge in [-0.1, -0.05) is 6.92 Å². The van der Waals surface area contributed by atoms with Crippen molar-refractivity contribution in [2.24, 2.45) is 0 Å². The van der Waals surface area contributed by atoms with E-state index < -0.39 is 0 Å². The SMILES string of the molecule is CCc1ccc(-c2cnc(CCCNC)o2)o1. The zero-order valence-corrected chi connectivity index (χ0v) is 10.3. The molecule has 0 saturated heterocycles. The Hall–Kier alpha value is -1.55. The molecule has 0 fully saturated rings. The van der Waals surface area contributed by atoms with E-state index >= 15 is 0 Å². The Morgan fingerprint density at radius 3 is 2.82 bits per heavy atom. The third-order valence-electron chi connectivity index (χ3n) is 2.62. The third-order valence-corrected chi connectivity index (χ3v) is 2.62. The van der Waals surface area contributed by atoms with E-state index in [9.17, 15) is 0 Å². The maximum absolute atomic E-state index is 5.64. The van der Waals surface area contributed by atoms with Gasteiger partial charge < -0.3 is 14.2 Å². The van der Waals surface area contributed by atoms with Crippen molar-refractivity contribution in [2.75, 3.05) is 13.6 Å². The topological polar surface area (TPSA) is 51.2 Å². The second-order valence-corrected chi connectivity index (χ2v) is 3.94. The lowest BCUT2D eigenvalue weighted by atomic mass is 10.3. The van der Waals surface area contributed by atoms with Crippen molar-refractivity contribution in [1.82, 2.24) is 10.3 Å². The third kappa shape index (κ3) is 2.97. The maximum Gasteiger partial charge on any atom is 0.195 e. The van der Waals surface area contributed by atoms with Crippen LogP contribution in [-0.4, -0.2) is 18.6 Å². The summed E-state index contributed by atoms with van der Waals surface area (Å²) in [7, 11) is 1.94. The Kier molecular flexibility index (Phi) is 3.98. The summed E-state index contributed by atoms with van der Waals surface area (Å²) in [6, 6.07) is 3.90. The molecule has 2 rings (SSSR count). The molecule has 4 nitrogen and oxygen atoms in total. The summed E-state index contributed by atoms with van der Waals surface area (Å²) in [5.74, 6) is 3.20. The van der Waals surface area contributed by atoms with Gasteiger partial charge in [0.1, 0.15) is 5.76 Å². The van der Waals surface area contributed by atoms with Crippen molar-refractivity contribution >= 4 is 0 Å². The Morgan fingerprint density at radius 1 is 1.24 bits per heavy atom. The van der Waals surface area contributed by atoms with E-state index in [4.69, 9.17) is 8.83 Å². The smallest absolute Gasteiger partial charge is 0.195 e. The number of nitrogens with one attached hydrogen (secondary N) is 1. The summed E-state index contributed by atoms with van der Waals surface area (Å²) < 4.78 is 11.3. The molecular weight excluding hydrogens is 216 g/mol. The maximum atomic E-state index is 5.64. The van der Waals surface area contributed by atoms with Crippen LogP contribution in [0.15, 0.2) is 27.2 Å². The van der Waals surface area contributed by atoms with Crippen LogP contribution in [0.1, 0.15) is 25.0 Å². The van der Waals surface area contributed by atoms with Gasteiger partial charge in [-0.25, -0.2) is 4.98 Å². The van der Waals surface area contributed by atoms with Crippen molar-refractivity contribution in [1.29, 1.82) is 0 Å². The molecule has 17 heavy (non-hydrogen) atoms. The highest BCUT2D eigenvalue weighted by Crippen LogP contribution is 2.23. The molecule has 0 spiro atoms. The Morgan fingerprint density at radius 2 is 2.12 bits per heavy atom. The summed E-state index contributed by atoms with van der Waals surface area (Å²) in [4.78, 5) is 4.25. The number of furan rings is 1. The number of rotatable bonds is 6. The van der Waals surface area contributed by atoms with Crippen LogP contribution in [0.5, 0.6) is 0 Å². The van der Waals surface area contributed by atoms with Crippen LogP contribution < -0.4 is 5.32 Å². The molecule has 4 heteroatoms. The molecule has 0 unspecified atom stereocenters. The number of nitrogens with zero attached hydrogens (tertiary/aromatic N) is 1. The lowest BCUT2D eigenvalue weighted by molar-refractivity contribution is 0.464. The minimum absolute atomic E-state index is 0.712. The summed E-state index contributed by atoms with van der Waals surface area (Å²) in [5.41, 5.74) is 0. The molecule has 0 aliphatic rings. The number of hydrogen-bond donors (Lipinski definition) is 1. The first kappa shape index (κ1) is 11.9. The van der Waals surface area contributed by atoms with E-state index in [0.29, 0.717) is 5.76 Å². The molecule has 2 heterocycles. The Bertz CT molecular complexity index is 459. The van der Waals surface area contributed by atoms with Gasteiger partial charge in [-0.3, -0.25) is 0 Å². The predicted molar refractivity (Wildman–Crippen MR) is 65.8 cm³/mol. The fourth-order valence-electron chi connectivity index (χ4n) is 1.66. The molecule has 92 valence electrons. The summed E-state index contributed by atoms with van der Waals surface area (Å²) >= 11 is 0. The van der Waals surface area contributed by atoms with Crippen molar-refractivity contribution in [3.63, 3.8) is 0 Å². The molecule has 0 aromatic carbocycles. The first-order chi connectivity index (χ1) is 8.33. The molecule has 2 aromatic heterocycles. The molecule has 0 radical (unpaired) electrons. The monoisotopic (exact) mass is 234 g/mol. The van der Waals surface area contributed by atoms with Crippen LogP contribution in [0, 0.1) is 0 Å². The Labute approximate surface area is 101 Å². The van der Waals surface area contributed by atoms with Crippen molar-refractivity contribution in [3.05, 3.63) is 30.0 Å². The molecule has 0 aliphatic carbocycles. The van der Waals surface area contributed by atoms with Crippen molar-refractivity contribution < 1.29 is 8.83 Å². The van der Waals surface area contributed by atoms with E-state index in [1.54, 1.807) is 6.20 Å². The molecule has 0 aliphatic heterocycles. The second kappa shape index (κ2) is 5.68. The quantitative estimate of drug-likeness (QED) is 0.781. The highest BCUT2D eigenvalue weighted by atomic mass is 16.4. The van der Waals surface area contributed by atoms with Crippen LogP contribution in [0.3, 0.4) is 0 Å². The van der Waals surface area contributed by atoms with Crippen LogP contribution in [0.4, 0.5) is 0 Å². The van der Waals surface area contributed by atoms with Gasteiger partial charge in [-0.2, -0.15) is 0 Å². The van der Waals surface area contributed by atoms with Gasteiger partial charge >= 0.3 is 0 Å². The van der Waals surface area contributed by atoms with Gasteiger partial charge in [0.05, 0.1) is 6.20 Å². The van der Waals surface area contributed by atoms with Gasteiger partial charge in [-0.15, -0.1) is 0 Å². The lowest BCUT2D eigenvalue weighted by Gasteiger charge is -1.95. The van der Waals surface area contributed by atoms with E-state index in [1.165, 1.54) is 0 Å². The summed E-state index contributed by atoms with van der Waals surface area (Å²) in [5, 5.41) is 3.10. The van der Waals surface area contributed by atoms with E-state index in [2.05, 4.69) is 17.2 Å². The first-order valence-corrected chi connectivity index (χ1v) is 6.02. The van der Waals surface area contributed by atoms with Gasteiger partial charge in [-0.05, 0) is 32.1 Å². The summed E-state index contributed by atoms with van der Waals surface area (Å²) in [6.07, 6.45) is 4.49. The highest BCUT2D eigenvalue weighted by Gasteiger charge is 2.09. The van der Waals surface area contributed by atoms with Gasteiger partial charge in [0.2, 0.25) is 0 Å². The van der Waals surface area contributed by atoms with Crippen LogP contribution in [0.25, 0.3) is 11.5 Å². The molecule has 2 aromatic rings. The van der Waals surface area contributed by atoms with Gasteiger partial charge in [0.25, 0.3) is 0 Å². The highest BCUT2D eigenvalue weighted by molar-refractivity contribution is 5.48. The number of aryl methyl sites for hydroxylation is 2. The zero-order valence-electron chi connectivity index (χ0n) is 10.3. The van der Waals surface area contributed by atoms with Crippen LogP contribution in [0.2, 0.25) is 0 Å². The molecule has 0 bridgehead atoms. The van der Waals surface area contributed by atoms with Crippen LogP contribution in [-0.2, 0) is 12.8 Å². The second-order valence-electron chi connectivity index (χ2n) is 3.94. The van der Waals surface area contributed by atoms with Crippen LogP contribution >= 0.6 is 0 Å². The number of oxazole rings is 1. The first-order valence-electron chi connectivity index (χ1n) is 6.02. The minimum atomic E-state index is 0.712. The van der Waals surface area contributed by atoms with E-state index in [1.807, 2.05) is 19.2 Å². The molecular formula is C13H18N2O2. The largest absolute Gasteiger partial charge is 0.458 e. The molecule has 0 saturated carbocycles. The van der Waals surface area contributed by atoms with E-state index in [-0.39, 0.29) is 0 Å². The van der Waals surface area contributed by atoms with Crippen molar-refractivity contribution in [3.8, 4) is 11.5 Å². The van der Waals surface area contributed by atoms with E-state index in [0.717, 1.165) is 43.2 Å². The van der Waals surface area contributed by atoms with Crippen molar-refractivity contribution in [2.45, 2.75) is 26.2 Å². The molecule has 1 N–H and O–H groups in total. The normalized spacial score (nSPS) is 10.9. The fraction of sp³-hybridized carbons (Fsp3) is 0.462. The fourth-order valence-corrected chi connectivity index (χ4v) is 1.66. The predicted octanol–water partition coefficient (Wildman–Crippen LogP) is 2.65. The van der Waals surface area contributed by atoms with Gasteiger partial charge in [0, 0.05) is 12.8 Å². The number of aromatic nitrogens is 1. The zero-order chi connectivity index (χ0) is 12.1. The minimum Gasteiger partial charge on any atom is -0.458 e. The average Bonchev–Trinajstić information content (AvgIpc) is 2.97. The molecule has 0 atom stereocenters. The average molecular weight is 234 g/mol.